The number of rotatable bonds is 3. The van der Waals surface area contributed by atoms with Crippen molar-refractivity contribution in [2.75, 3.05) is 7.11 Å². The number of benzene rings is 2. The molecular weight excluding hydrogens is 400 g/mol. The monoisotopic (exact) mass is 426 g/mol. The van der Waals surface area contributed by atoms with Crippen LogP contribution < -0.4 is 4.74 Å². The van der Waals surface area contributed by atoms with E-state index in [1.54, 1.807) is 27.7 Å². The van der Waals surface area contributed by atoms with Gasteiger partial charge in [-0.3, -0.25) is 0 Å². The van der Waals surface area contributed by atoms with Crippen LogP contribution in [0.1, 0.15) is 55.3 Å². The number of hydrogen-bond acceptors (Lipinski definition) is 7. The number of carbonyl (C=O) groups excluding carboxylic acids is 2. The van der Waals surface area contributed by atoms with Crippen molar-refractivity contribution in [1.29, 1.82) is 0 Å². The summed E-state index contributed by atoms with van der Waals surface area (Å²) in [5.74, 6) is -2.44. The summed E-state index contributed by atoms with van der Waals surface area (Å²) in [5, 5.41) is 0. The number of aryl methyl sites for hydroxylation is 1. The van der Waals surface area contributed by atoms with E-state index < -0.39 is 35.7 Å². The highest BCUT2D eigenvalue weighted by molar-refractivity contribution is 6.01. The zero-order valence-electron chi connectivity index (χ0n) is 18.5. The second kappa shape index (κ2) is 7.35. The van der Waals surface area contributed by atoms with Gasteiger partial charge in [0.05, 0.1) is 7.11 Å². The Balaban J connectivity index is 1.79. The number of fused-ring (bicyclic) bond motifs is 1. The van der Waals surface area contributed by atoms with Crippen LogP contribution in [-0.2, 0) is 23.7 Å². The quantitative estimate of drug-likeness (QED) is 0.677. The van der Waals surface area contributed by atoms with Gasteiger partial charge in [0.15, 0.2) is 11.9 Å². The molecule has 1 fully saturated rings. The summed E-state index contributed by atoms with van der Waals surface area (Å²) in [7, 11) is 1.32. The van der Waals surface area contributed by atoms with Gasteiger partial charge in [-0.25, -0.2) is 9.59 Å². The van der Waals surface area contributed by atoms with Crippen molar-refractivity contribution in [3.05, 3.63) is 53.1 Å². The normalized spacial score (nSPS) is 23.5. The molecule has 31 heavy (non-hydrogen) atoms. The van der Waals surface area contributed by atoms with Crippen molar-refractivity contribution in [2.45, 2.75) is 58.4 Å². The van der Waals surface area contributed by atoms with E-state index in [0.29, 0.717) is 16.9 Å². The SMILES string of the molecule is COC(=O)[C@H]1OC(C)(C)O[C@@H]1c1cccc(-c2cc(C)cc3c2C(=O)OC(C)(C)O3)c1. The van der Waals surface area contributed by atoms with Gasteiger partial charge in [0.25, 0.3) is 0 Å². The highest BCUT2D eigenvalue weighted by atomic mass is 16.8. The first-order valence-corrected chi connectivity index (χ1v) is 10.1. The molecule has 4 rings (SSSR count). The molecule has 0 N–H and O–H groups in total. The first-order chi connectivity index (χ1) is 14.5. The third kappa shape index (κ3) is 4.03. The van der Waals surface area contributed by atoms with Crippen molar-refractivity contribution >= 4 is 11.9 Å². The summed E-state index contributed by atoms with van der Waals surface area (Å²) in [6.07, 6.45) is -1.54. The van der Waals surface area contributed by atoms with Crippen LogP contribution in [-0.4, -0.2) is 36.7 Å². The second-order valence-electron chi connectivity index (χ2n) is 8.70. The topological polar surface area (TPSA) is 80.3 Å². The Hall–Kier alpha value is -2.90. The molecule has 0 bridgehead atoms. The summed E-state index contributed by atoms with van der Waals surface area (Å²) in [6.45, 7) is 8.83. The fourth-order valence-electron chi connectivity index (χ4n) is 4.01. The Kier molecular flexibility index (Phi) is 5.06. The molecule has 2 aromatic carbocycles. The van der Waals surface area contributed by atoms with Gasteiger partial charge >= 0.3 is 11.9 Å². The molecule has 2 aliphatic heterocycles. The molecule has 0 saturated carbocycles. The molecule has 2 aliphatic rings. The summed E-state index contributed by atoms with van der Waals surface area (Å²) in [5.41, 5.74) is 3.51. The zero-order valence-corrected chi connectivity index (χ0v) is 18.5. The van der Waals surface area contributed by atoms with E-state index >= 15 is 0 Å². The van der Waals surface area contributed by atoms with E-state index in [-0.39, 0.29) is 0 Å². The molecule has 2 heterocycles. The maximum absolute atomic E-state index is 12.8. The number of ether oxygens (including phenoxy) is 5. The molecule has 164 valence electrons. The van der Waals surface area contributed by atoms with Gasteiger partial charge in [0.2, 0.25) is 5.79 Å². The zero-order chi connectivity index (χ0) is 22.6. The van der Waals surface area contributed by atoms with E-state index in [2.05, 4.69) is 0 Å². The maximum atomic E-state index is 12.8. The van der Waals surface area contributed by atoms with E-state index in [4.69, 9.17) is 23.7 Å². The molecule has 7 heteroatoms. The Morgan fingerprint density at radius 1 is 1.00 bits per heavy atom. The molecular formula is C24H26O7. The van der Waals surface area contributed by atoms with Crippen LogP contribution in [0.15, 0.2) is 36.4 Å². The lowest BCUT2D eigenvalue weighted by Gasteiger charge is -2.33. The summed E-state index contributed by atoms with van der Waals surface area (Å²) >= 11 is 0. The number of cyclic esters (lactones) is 1. The van der Waals surface area contributed by atoms with Gasteiger partial charge < -0.3 is 23.7 Å². The minimum absolute atomic E-state index is 0.371. The fraction of sp³-hybridized carbons (Fsp3) is 0.417. The molecule has 0 radical (unpaired) electrons. The van der Waals surface area contributed by atoms with Crippen LogP contribution in [0, 0.1) is 6.92 Å². The van der Waals surface area contributed by atoms with Crippen LogP contribution in [0.3, 0.4) is 0 Å². The lowest BCUT2D eigenvalue weighted by molar-refractivity contribution is -0.168. The van der Waals surface area contributed by atoms with Gasteiger partial charge in [-0.1, -0.05) is 24.3 Å². The minimum atomic E-state index is -1.04. The van der Waals surface area contributed by atoms with Gasteiger partial charge in [-0.2, -0.15) is 0 Å². The molecule has 0 unspecified atom stereocenters. The maximum Gasteiger partial charge on any atom is 0.345 e. The number of hydrogen-bond donors (Lipinski definition) is 0. The molecule has 2 atom stereocenters. The Morgan fingerprint density at radius 3 is 2.45 bits per heavy atom. The first-order valence-electron chi connectivity index (χ1n) is 10.1. The van der Waals surface area contributed by atoms with E-state index in [1.807, 2.05) is 43.3 Å². The Morgan fingerprint density at radius 2 is 1.74 bits per heavy atom. The fourth-order valence-corrected chi connectivity index (χ4v) is 4.01. The third-order valence-corrected chi connectivity index (χ3v) is 5.20. The van der Waals surface area contributed by atoms with Gasteiger partial charge in [0.1, 0.15) is 17.4 Å². The summed E-state index contributed by atoms with van der Waals surface area (Å²) in [4.78, 5) is 25.1. The molecule has 0 spiro atoms. The molecule has 1 saturated heterocycles. The number of esters is 2. The Bertz CT molecular complexity index is 1050. The van der Waals surface area contributed by atoms with Crippen LogP contribution in [0.4, 0.5) is 0 Å². The summed E-state index contributed by atoms with van der Waals surface area (Å²) < 4.78 is 28.0. The van der Waals surface area contributed by atoms with Crippen molar-refractivity contribution in [2.24, 2.45) is 0 Å². The average molecular weight is 426 g/mol. The molecule has 0 aliphatic carbocycles. The lowest BCUT2D eigenvalue weighted by Crippen LogP contribution is -2.39. The largest absolute Gasteiger partial charge is 0.467 e. The van der Waals surface area contributed by atoms with E-state index in [0.717, 1.165) is 16.7 Å². The minimum Gasteiger partial charge on any atom is -0.467 e. The highest BCUT2D eigenvalue weighted by Gasteiger charge is 2.47. The first kappa shape index (κ1) is 21.3. The van der Waals surface area contributed by atoms with Crippen LogP contribution in [0.5, 0.6) is 5.75 Å². The number of carbonyl (C=O) groups is 2. The van der Waals surface area contributed by atoms with Crippen molar-refractivity contribution in [3.63, 3.8) is 0 Å². The van der Waals surface area contributed by atoms with E-state index in [9.17, 15) is 9.59 Å². The predicted octanol–water partition coefficient (Wildman–Crippen LogP) is 4.31. The second-order valence-corrected chi connectivity index (χ2v) is 8.70. The average Bonchev–Trinajstić information content (AvgIpc) is 3.01. The van der Waals surface area contributed by atoms with E-state index in [1.165, 1.54) is 7.11 Å². The molecule has 2 aromatic rings. The van der Waals surface area contributed by atoms with Crippen LogP contribution >= 0.6 is 0 Å². The van der Waals surface area contributed by atoms with Gasteiger partial charge in [-0.05, 0) is 49.6 Å². The van der Waals surface area contributed by atoms with Crippen molar-refractivity contribution < 1.29 is 33.3 Å². The Labute approximate surface area is 181 Å². The van der Waals surface area contributed by atoms with Crippen molar-refractivity contribution in [1.82, 2.24) is 0 Å². The molecule has 7 nitrogen and oxygen atoms in total. The molecule has 0 aromatic heterocycles. The summed E-state index contributed by atoms with van der Waals surface area (Å²) in [6, 6.07) is 11.2. The van der Waals surface area contributed by atoms with Gasteiger partial charge in [-0.15, -0.1) is 0 Å². The van der Waals surface area contributed by atoms with Crippen LogP contribution in [0.2, 0.25) is 0 Å². The number of methoxy groups -OCH3 is 1. The predicted molar refractivity (Wildman–Crippen MR) is 112 cm³/mol. The smallest absolute Gasteiger partial charge is 0.345 e. The standard InChI is InChI=1S/C24H26O7/c1-13-10-16(18-17(11-13)28-23(2,3)31-21(18)25)14-8-7-9-15(12-14)19-20(22(26)27-6)30-24(4,5)29-19/h7-12,19-20H,1-6H3/t19-,20+/m1/s1. The lowest BCUT2D eigenvalue weighted by atomic mass is 9.93. The molecule has 0 amide bonds. The van der Waals surface area contributed by atoms with Gasteiger partial charge in [0, 0.05) is 19.4 Å². The van der Waals surface area contributed by atoms with Crippen molar-refractivity contribution in [3.8, 4) is 16.9 Å². The highest BCUT2D eigenvalue weighted by Crippen LogP contribution is 2.42. The third-order valence-electron chi connectivity index (χ3n) is 5.20. The van der Waals surface area contributed by atoms with Crippen LogP contribution in [0.25, 0.3) is 11.1 Å².